The van der Waals surface area contributed by atoms with Gasteiger partial charge in [0.05, 0.1) is 28.7 Å². The number of fused-ring (bicyclic) bond motifs is 1. The normalized spacial score (nSPS) is 23.5. The van der Waals surface area contributed by atoms with E-state index in [1.54, 1.807) is 18.3 Å². The first-order valence-corrected chi connectivity index (χ1v) is 10.9. The topological polar surface area (TPSA) is 169 Å². The van der Waals surface area contributed by atoms with E-state index in [1.165, 1.54) is 4.52 Å². The molecule has 32 heavy (non-hydrogen) atoms. The van der Waals surface area contributed by atoms with Gasteiger partial charge in [-0.15, -0.1) is 5.10 Å². The van der Waals surface area contributed by atoms with Crippen molar-refractivity contribution in [2.75, 3.05) is 40.1 Å². The van der Waals surface area contributed by atoms with Crippen LogP contribution >= 0.6 is 11.6 Å². The summed E-state index contributed by atoms with van der Waals surface area (Å²) in [5.41, 5.74) is 20.1. The zero-order chi connectivity index (χ0) is 22.6. The Balaban J connectivity index is 1.48. The van der Waals surface area contributed by atoms with Gasteiger partial charge in [-0.05, 0) is 38.3 Å². The summed E-state index contributed by atoms with van der Waals surface area (Å²) < 4.78 is 1.53. The van der Waals surface area contributed by atoms with Gasteiger partial charge < -0.3 is 37.8 Å². The van der Waals surface area contributed by atoms with Crippen LogP contribution in [0.1, 0.15) is 26.2 Å². The molecule has 1 saturated carbocycles. The maximum atomic E-state index is 10.4. The molecule has 3 aromatic rings. The van der Waals surface area contributed by atoms with Crippen LogP contribution in [0.25, 0.3) is 5.65 Å². The van der Waals surface area contributed by atoms with Gasteiger partial charge in [0, 0.05) is 30.4 Å². The zero-order valence-corrected chi connectivity index (χ0v) is 18.5. The van der Waals surface area contributed by atoms with Crippen molar-refractivity contribution < 1.29 is 5.11 Å². The highest BCUT2D eigenvalue weighted by Gasteiger charge is 2.35. The smallest absolute Gasteiger partial charge is 0.247 e. The summed E-state index contributed by atoms with van der Waals surface area (Å²) in [6, 6.07) is 3.89. The minimum absolute atomic E-state index is 0.303. The van der Waals surface area contributed by atoms with Gasteiger partial charge in [-0.3, -0.25) is 0 Å². The summed E-state index contributed by atoms with van der Waals surface area (Å²) in [7, 11) is 0. The number of benzene rings is 1. The van der Waals surface area contributed by atoms with E-state index in [-0.39, 0.29) is 0 Å². The summed E-state index contributed by atoms with van der Waals surface area (Å²) in [5.74, 6) is 1.30. The van der Waals surface area contributed by atoms with Crippen molar-refractivity contribution in [2.45, 2.75) is 43.9 Å². The molecule has 1 saturated heterocycles. The third kappa shape index (κ3) is 3.83. The fourth-order valence-electron chi connectivity index (χ4n) is 3.81. The average molecular weight is 459 g/mol. The Morgan fingerprint density at radius 2 is 2.06 bits per heavy atom. The number of nitrogens with two attached hydrogens (primary N) is 3. The van der Waals surface area contributed by atoms with Crippen molar-refractivity contribution in [3.8, 4) is 0 Å². The second-order valence-electron chi connectivity index (χ2n) is 8.87. The molecule has 9 N–H and O–H groups in total. The number of piperidine rings is 1. The minimum Gasteiger partial charge on any atom is -0.399 e. The van der Waals surface area contributed by atoms with Crippen LogP contribution in [0.3, 0.4) is 0 Å². The number of aliphatic hydroxyl groups excluding tert-OH is 1. The fraction of sp³-hybridized carbons (Fsp3) is 0.450. The van der Waals surface area contributed by atoms with Crippen LogP contribution in [-0.4, -0.2) is 55.5 Å². The molecule has 1 aliphatic carbocycles. The number of nitrogens with zero attached hydrogens (tertiary/aromatic N) is 5. The van der Waals surface area contributed by atoms with E-state index in [0.29, 0.717) is 70.9 Å². The summed E-state index contributed by atoms with van der Waals surface area (Å²) >= 11 is 6.76. The van der Waals surface area contributed by atoms with Crippen LogP contribution in [0.2, 0.25) is 5.02 Å². The molecule has 2 atom stereocenters. The van der Waals surface area contributed by atoms with E-state index in [9.17, 15) is 5.11 Å². The molecule has 0 amide bonds. The molecule has 2 aliphatic rings. The molecular formula is C20H27ClN10O. The molecule has 0 bridgehead atoms. The lowest BCUT2D eigenvalue weighted by molar-refractivity contribution is 0.0795. The number of β-amino-alcohol motifs (C(OH)–C–C–N with tert-alkyl or cyclic N) is 1. The average Bonchev–Trinajstić information content (AvgIpc) is 3.48. The van der Waals surface area contributed by atoms with E-state index in [2.05, 4.69) is 25.7 Å². The van der Waals surface area contributed by atoms with Crippen molar-refractivity contribution in [3.05, 3.63) is 23.4 Å². The Labute approximate surface area is 189 Å². The van der Waals surface area contributed by atoms with Crippen LogP contribution < -0.4 is 32.7 Å². The van der Waals surface area contributed by atoms with Gasteiger partial charge in [0.15, 0.2) is 11.5 Å². The maximum absolute atomic E-state index is 10.4. The summed E-state index contributed by atoms with van der Waals surface area (Å²) in [6.45, 7) is 2.86. The lowest BCUT2D eigenvalue weighted by Crippen LogP contribution is -2.59. The molecule has 2 fully saturated rings. The maximum Gasteiger partial charge on any atom is 0.247 e. The number of aromatic nitrogens is 4. The summed E-state index contributed by atoms with van der Waals surface area (Å²) in [6.07, 6.45) is 3.66. The molecule has 1 aromatic carbocycles. The summed E-state index contributed by atoms with van der Waals surface area (Å²) in [5, 5.41) is 21.9. The second-order valence-corrected chi connectivity index (χ2v) is 9.24. The van der Waals surface area contributed by atoms with Crippen molar-refractivity contribution in [3.63, 3.8) is 0 Å². The van der Waals surface area contributed by atoms with Gasteiger partial charge in [0.25, 0.3) is 0 Å². The Morgan fingerprint density at radius 1 is 1.28 bits per heavy atom. The molecule has 170 valence electrons. The van der Waals surface area contributed by atoms with Crippen molar-refractivity contribution >= 4 is 51.9 Å². The number of halogens is 1. The van der Waals surface area contributed by atoms with E-state index in [0.717, 1.165) is 12.8 Å². The van der Waals surface area contributed by atoms with E-state index in [1.807, 2.05) is 11.8 Å². The zero-order valence-electron chi connectivity index (χ0n) is 17.7. The number of hydrogen-bond donors (Lipinski definition) is 6. The molecule has 0 spiro atoms. The highest BCUT2D eigenvalue weighted by Crippen LogP contribution is 2.39. The van der Waals surface area contributed by atoms with Gasteiger partial charge in [-0.2, -0.15) is 9.50 Å². The van der Waals surface area contributed by atoms with Crippen molar-refractivity contribution in [1.29, 1.82) is 0 Å². The molecule has 0 unspecified atom stereocenters. The van der Waals surface area contributed by atoms with Crippen LogP contribution in [-0.2, 0) is 0 Å². The molecular weight excluding hydrogens is 432 g/mol. The lowest BCUT2D eigenvalue weighted by atomic mass is 9.88. The van der Waals surface area contributed by atoms with Gasteiger partial charge in [-0.1, -0.05) is 11.6 Å². The first-order valence-electron chi connectivity index (χ1n) is 10.6. The number of anilines is 6. The molecule has 11 nitrogen and oxygen atoms in total. The van der Waals surface area contributed by atoms with Crippen LogP contribution in [0.15, 0.2) is 18.3 Å². The largest absolute Gasteiger partial charge is 0.399 e. The number of rotatable bonds is 5. The minimum atomic E-state index is -0.684. The Hall–Kier alpha value is -3.02. The first kappa shape index (κ1) is 20.9. The molecule has 1 aliphatic heterocycles. The van der Waals surface area contributed by atoms with E-state index < -0.39 is 11.6 Å². The third-order valence-corrected chi connectivity index (χ3v) is 6.44. The van der Waals surface area contributed by atoms with Gasteiger partial charge in [0.1, 0.15) is 5.82 Å². The number of aliphatic hydroxyl groups is 1. The van der Waals surface area contributed by atoms with Gasteiger partial charge >= 0.3 is 0 Å². The monoisotopic (exact) mass is 458 g/mol. The number of nitrogens with one attached hydrogen (secondary N) is 2. The van der Waals surface area contributed by atoms with Crippen LogP contribution in [0, 0.1) is 0 Å². The SMILES string of the molecule is C[C@]1(N)CCN(c2cc(N)cc(Nc3nc(NC4CC4)c4ncc(N)n4n3)c2Cl)C[C@@H]1O. The standard InChI is InChI=1S/C20H27ClN10O/c1-20(24)4-5-30(9-14(20)32)13-7-10(22)6-12(16(13)21)27-19-28-17(26-11-2-3-11)18-25-8-15(23)31(18)29-19/h6-8,11,14,32H,2-5,9,22-24H2,1H3,(H2,26,27,28,29)/t14-,20-/m0/s1. The fourth-order valence-corrected chi connectivity index (χ4v) is 4.09. The second kappa shape index (κ2) is 7.54. The predicted molar refractivity (Wildman–Crippen MR) is 126 cm³/mol. The highest BCUT2D eigenvalue weighted by molar-refractivity contribution is 6.36. The van der Waals surface area contributed by atoms with Crippen LogP contribution in [0.4, 0.5) is 34.6 Å². The van der Waals surface area contributed by atoms with Crippen molar-refractivity contribution in [1.82, 2.24) is 19.6 Å². The highest BCUT2D eigenvalue weighted by atomic mass is 35.5. The Bertz CT molecular complexity index is 1170. The molecule has 3 heterocycles. The molecule has 5 rings (SSSR count). The number of nitrogen functional groups attached to an aromatic ring is 2. The van der Waals surface area contributed by atoms with Crippen molar-refractivity contribution in [2.24, 2.45) is 5.73 Å². The molecule has 2 aromatic heterocycles. The lowest BCUT2D eigenvalue weighted by Gasteiger charge is -2.42. The summed E-state index contributed by atoms with van der Waals surface area (Å²) in [4.78, 5) is 10.9. The Morgan fingerprint density at radius 3 is 2.78 bits per heavy atom. The third-order valence-electron chi connectivity index (χ3n) is 6.04. The van der Waals surface area contributed by atoms with Gasteiger partial charge in [-0.25, -0.2) is 4.98 Å². The van der Waals surface area contributed by atoms with Crippen LogP contribution in [0.5, 0.6) is 0 Å². The Kier molecular flexibility index (Phi) is 4.91. The first-order chi connectivity index (χ1) is 15.2. The van der Waals surface area contributed by atoms with E-state index in [4.69, 9.17) is 28.8 Å². The quantitative estimate of drug-likeness (QED) is 0.308. The predicted octanol–water partition coefficient (Wildman–Crippen LogP) is 1.55. The number of hydrogen-bond acceptors (Lipinski definition) is 10. The molecule has 12 heteroatoms. The van der Waals surface area contributed by atoms with E-state index >= 15 is 0 Å². The van der Waals surface area contributed by atoms with Gasteiger partial charge in [0.2, 0.25) is 5.95 Å². The number of imidazole rings is 1. The molecule has 0 radical (unpaired) electrons.